The van der Waals surface area contributed by atoms with E-state index >= 15 is 0 Å². The zero-order valence-electron chi connectivity index (χ0n) is 14.8. The Kier molecular flexibility index (Phi) is 6.37. The monoisotopic (exact) mass is 359 g/mol. The maximum Gasteiger partial charge on any atom is 0.286 e. The standard InChI is InChI=1S/C18H21N3O5/c1-4-7-26-15-6-5-12(9-16(15)25-3)17(23)20-21-18(24)14-8-13(10-19-14)11(2)22/h5-6,8-10,19H,4,7H2,1-3H3,(H,20,23)(H,21,24). The van der Waals surface area contributed by atoms with E-state index in [-0.39, 0.29) is 11.5 Å². The van der Waals surface area contributed by atoms with Gasteiger partial charge in [0.05, 0.1) is 13.7 Å². The lowest BCUT2D eigenvalue weighted by molar-refractivity contribution is 0.0844. The molecule has 0 aliphatic carbocycles. The van der Waals surface area contributed by atoms with Crippen LogP contribution in [0.15, 0.2) is 30.5 Å². The van der Waals surface area contributed by atoms with Gasteiger partial charge in [0.15, 0.2) is 17.3 Å². The van der Waals surface area contributed by atoms with E-state index in [2.05, 4.69) is 15.8 Å². The number of hydrazine groups is 1. The number of carbonyl (C=O) groups excluding carboxylic acids is 3. The van der Waals surface area contributed by atoms with Crippen molar-refractivity contribution in [3.8, 4) is 11.5 Å². The predicted molar refractivity (Wildman–Crippen MR) is 94.5 cm³/mol. The zero-order valence-corrected chi connectivity index (χ0v) is 14.8. The second kappa shape index (κ2) is 8.70. The van der Waals surface area contributed by atoms with Crippen molar-refractivity contribution < 1.29 is 23.9 Å². The number of ketones is 1. The lowest BCUT2D eigenvalue weighted by Crippen LogP contribution is -2.41. The summed E-state index contributed by atoms with van der Waals surface area (Å²) >= 11 is 0. The van der Waals surface area contributed by atoms with Gasteiger partial charge in [-0.3, -0.25) is 25.2 Å². The van der Waals surface area contributed by atoms with Gasteiger partial charge in [-0.25, -0.2) is 0 Å². The Bertz CT molecular complexity index is 813. The van der Waals surface area contributed by atoms with Gasteiger partial charge in [0.1, 0.15) is 5.69 Å². The highest BCUT2D eigenvalue weighted by molar-refractivity contribution is 6.01. The summed E-state index contributed by atoms with van der Waals surface area (Å²) in [6.45, 7) is 3.92. The quantitative estimate of drug-likeness (QED) is 0.518. The van der Waals surface area contributed by atoms with Crippen LogP contribution in [-0.4, -0.2) is 36.3 Å². The van der Waals surface area contributed by atoms with E-state index in [0.717, 1.165) is 6.42 Å². The topological polar surface area (TPSA) is 110 Å². The van der Waals surface area contributed by atoms with Crippen molar-refractivity contribution in [3.05, 3.63) is 47.3 Å². The third kappa shape index (κ3) is 4.62. The number of nitrogens with one attached hydrogen (secondary N) is 3. The summed E-state index contributed by atoms with van der Waals surface area (Å²) in [4.78, 5) is 38.1. The predicted octanol–water partition coefficient (Wildman–Crippen LogP) is 2.09. The Morgan fingerprint density at radius 2 is 1.77 bits per heavy atom. The number of hydrogen-bond acceptors (Lipinski definition) is 5. The molecule has 0 saturated heterocycles. The van der Waals surface area contributed by atoms with Crippen LogP contribution in [0.4, 0.5) is 0 Å². The summed E-state index contributed by atoms with van der Waals surface area (Å²) in [5, 5.41) is 0. The number of ether oxygens (including phenoxy) is 2. The van der Waals surface area contributed by atoms with Gasteiger partial charge in [-0.1, -0.05) is 6.92 Å². The molecule has 0 spiro atoms. The van der Waals surface area contributed by atoms with Crippen molar-refractivity contribution in [1.29, 1.82) is 0 Å². The van der Waals surface area contributed by atoms with Crippen LogP contribution in [0.5, 0.6) is 11.5 Å². The van der Waals surface area contributed by atoms with Crippen LogP contribution >= 0.6 is 0 Å². The molecule has 2 amide bonds. The van der Waals surface area contributed by atoms with E-state index in [9.17, 15) is 14.4 Å². The molecule has 0 saturated carbocycles. The molecule has 0 atom stereocenters. The lowest BCUT2D eigenvalue weighted by atomic mass is 10.2. The molecule has 2 rings (SSSR count). The van der Waals surface area contributed by atoms with E-state index in [1.165, 1.54) is 32.4 Å². The smallest absolute Gasteiger partial charge is 0.286 e. The normalized spacial score (nSPS) is 10.1. The van der Waals surface area contributed by atoms with Crippen molar-refractivity contribution in [2.24, 2.45) is 0 Å². The Morgan fingerprint density at radius 3 is 2.38 bits per heavy atom. The number of H-pyrrole nitrogens is 1. The molecule has 26 heavy (non-hydrogen) atoms. The Morgan fingerprint density at radius 1 is 1.04 bits per heavy atom. The first-order valence-electron chi connectivity index (χ1n) is 8.07. The third-order valence-electron chi connectivity index (χ3n) is 3.51. The third-order valence-corrected chi connectivity index (χ3v) is 3.51. The van der Waals surface area contributed by atoms with E-state index < -0.39 is 11.8 Å². The van der Waals surface area contributed by atoms with Gasteiger partial charge in [-0.05, 0) is 37.6 Å². The minimum atomic E-state index is -0.569. The van der Waals surface area contributed by atoms with Gasteiger partial charge in [0.25, 0.3) is 11.8 Å². The van der Waals surface area contributed by atoms with Crippen molar-refractivity contribution in [2.75, 3.05) is 13.7 Å². The summed E-state index contributed by atoms with van der Waals surface area (Å²) < 4.78 is 10.8. The maximum absolute atomic E-state index is 12.2. The first-order valence-corrected chi connectivity index (χ1v) is 8.07. The Hall–Kier alpha value is -3.29. The average Bonchev–Trinajstić information content (AvgIpc) is 3.14. The molecule has 3 N–H and O–H groups in total. The van der Waals surface area contributed by atoms with Crippen LogP contribution < -0.4 is 20.3 Å². The number of aromatic nitrogens is 1. The summed E-state index contributed by atoms with van der Waals surface area (Å²) in [6, 6.07) is 6.13. The molecule has 0 fully saturated rings. The molecule has 1 heterocycles. The van der Waals surface area contributed by atoms with Crippen LogP contribution in [0, 0.1) is 0 Å². The summed E-state index contributed by atoms with van der Waals surface area (Å²) in [5.41, 5.74) is 5.43. The molecule has 8 heteroatoms. The van der Waals surface area contributed by atoms with Gasteiger partial charge in [0, 0.05) is 17.3 Å². The number of methoxy groups -OCH3 is 1. The summed E-state index contributed by atoms with van der Waals surface area (Å²) in [7, 11) is 1.48. The Labute approximate surface area is 150 Å². The van der Waals surface area contributed by atoms with Crippen molar-refractivity contribution in [3.63, 3.8) is 0 Å². The van der Waals surface area contributed by atoms with Crippen LogP contribution in [0.1, 0.15) is 51.5 Å². The molecule has 138 valence electrons. The van der Waals surface area contributed by atoms with Crippen molar-refractivity contribution in [1.82, 2.24) is 15.8 Å². The van der Waals surface area contributed by atoms with E-state index in [1.54, 1.807) is 12.1 Å². The highest BCUT2D eigenvalue weighted by Crippen LogP contribution is 2.28. The lowest BCUT2D eigenvalue weighted by Gasteiger charge is -2.12. The molecule has 0 unspecified atom stereocenters. The zero-order chi connectivity index (χ0) is 19.1. The molecule has 8 nitrogen and oxygen atoms in total. The minimum absolute atomic E-state index is 0.163. The average molecular weight is 359 g/mol. The van der Waals surface area contributed by atoms with E-state index in [4.69, 9.17) is 9.47 Å². The second-order valence-corrected chi connectivity index (χ2v) is 5.48. The van der Waals surface area contributed by atoms with Crippen LogP contribution in [0.25, 0.3) is 0 Å². The van der Waals surface area contributed by atoms with Gasteiger partial charge in [-0.2, -0.15) is 0 Å². The SMILES string of the molecule is CCCOc1ccc(C(=O)NNC(=O)c2cc(C(C)=O)c[nH]2)cc1OC. The molecule has 0 radical (unpaired) electrons. The van der Waals surface area contributed by atoms with Crippen LogP contribution in [-0.2, 0) is 0 Å². The van der Waals surface area contributed by atoms with Gasteiger partial charge >= 0.3 is 0 Å². The molecule has 0 aliphatic heterocycles. The number of rotatable bonds is 7. The largest absolute Gasteiger partial charge is 0.493 e. The Balaban J connectivity index is 2.00. The fourth-order valence-corrected chi connectivity index (χ4v) is 2.12. The first-order chi connectivity index (χ1) is 12.5. The van der Waals surface area contributed by atoms with Gasteiger partial charge < -0.3 is 14.5 Å². The highest BCUT2D eigenvalue weighted by Gasteiger charge is 2.14. The maximum atomic E-state index is 12.2. The molecule has 1 aromatic heterocycles. The fourth-order valence-electron chi connectivity index (χ4n) is 2.12. The molecular weight excluding hydrogens is 338 g/mol. The first kappa shape index (κ1) is 19.0. The van der Waals surface area contributed by atoms with Gasteiger partial charge in [-0.15, -0.1) is 0 Å². The molecule has 2 aromatic rings. The molecule has 0 aliphatic rings. The number of amides is 2. The summed E-state index contributed by atoms with van der Waals surface area (Å²) in [6.07, 6.45) is 2.28. The number of hydrogen-bond donors (Lipinski definition) is 3. The van der Waals surface area contributed by atoms with Gasteiger partial charge in [0.2, 0.25) is 0 Å². The summed E-state index contributed by atoms with van der Waals surface area (Å²) in [5.74, 6) is -0.287. The number of Topliss-reactive ketones (excluding diaryl/α,β-unsaturated/α-hetero) is 1. The second-order valence-electron chi connectivity index (χ2n) is 5.48. The minimum Gasteiger partial charge on any atom is -0.493 e. The van der Waals surface area contributed by atoms with Crippen LogP contribution in [0.2, 0.25) is 0 Å². The molecule has 0 bridgehead atoms. The van der Waals surface area contributed by atoms with E-state index in [1.807, 2.05) is 6.92 Å². The highest BCUT2D eigenvalue weighted by atomic mass is 16.5. The number of benzene rings is 1. The van der Waals surface area contributed by atoms with Crippen molar-refractivity contribution in [2.45, 2.75) is 20.3 Å². The van der Waals surface area contributed by atoms with Crippen molar-refractivity contribution >= 4 is 17.6 Å². The van der Waals surface area contributed by atoms with Crippen LogP contribution in [0.3, 0.4) is 0 Å². The molecule has 1 aromatic carbocycles. The molecular formula is C18H21N3O5. The fraction of sp³-hybridized carbons (Fsp3) is 0.278. The number of carbonyl (C=O) groups is 3. The number of aromatic amines is 1. The van der Waals surface area contributed by atoms with E-state index in [0.29, 0.717) is 29.2 Å².